The van der Waals surface area contributed by atoms with Crippen LogP contribution in [0.3, 0.4) is 0 Å². The molecule has 1 aromatic heterocycles. The summed E-state index contributed by atoms with van der Waals surface area (Å²) in [6, 6.07) is 16.9. The van der Waals surface area contributed by atoms with Gasteiger partial charge in [-0.2, -0.15) is 0 Å². The number of hydrogen-bond acceptors (Lipinski definition) is 6. The number of hydrogen-bond donors (Lipinski definition) is 0. The maximum atomic E-state index is 14.9. The van der Waals surface area contributed by atoms with E-state index in [9.17, 15) is 9.18 Å². The normalized spacial score (nSPS) is 10.8. The molecule has 0 saturated heterocycles. The second kappa shape index (κ2) is 11.5. The highest BCUT2D eigenvalue weighted by Crippen LogP contribution is 2.37. The van der Waals surface area contributed by atoms with Crippen molar-refractivity contribution in [2.24, 2.45) is 0 Å². The number of carbonyl (C=O) groups is 1. The van der Waals surface area contributed by atoms with Gasteiger partial charge in [-0.25, -0.2) is 4.39 Å². The Labute approximate surface area is 218 Å². The van der Waals surface area contributed by atoms with E-state index >= 15 is 0 Å². The van der Waals surface area contributed by atoms with Crippen LogP contribution in [0.2, 0.25) is 5.02 Å². The van der Waals surface area contributed by atoms with Crippen molar-refractivity contribution in [3.8, 4) is 23.0 Å². The number of nitrogens with zero attached hydrogens (tertiary/aromatic N) is 1. The van der Waals surface area contributed by atoms with E-state index in [4.69, 9.17) is 38.0 Å². The number of benzene rings is 3. The first-order chi connectivity index (χ1) is 17.4. The first-order valence-corrected chi connectivity index (χ1v) is 11.9. The van der Waals surface area contributed by atoms with Crippen molar-refractivity contribution in [1.82, 2.24) is 4.98 Å². The highest BCUT2D eigenvalue weighted by molar-refractivity contribution is 7.80. The molecule has 0 spiro atoms. The summed E-state index contributed by atoms with van der Waals surface area (Å²) < 4.78 is 31.6. The third kappa shape index (κ3) is 6.17. The second-order valence-corrected chi connectivity index (χ2v) is 9.14. The maximum absolute atomic E-state index is 14.9. The molecule has 1 heterocycles. The maximum Gasteiger partial charge on any atom is 0.162 e. The number of ether oxygens (including phenoxy) is 3. The van der Waals surface area contributed by atoms with Gasteiger partial charge >= 0.3 is 0 Å². The Morgan fingerprint density at radius 3 is 2.47 bits per heavy atom. The molecule has 0 N–H and O–H groups in total. The van der Waals surface area contributed by atoms with Crippen LogP contribution < -0.4 is 14.2 Å². The van der Waals surface area contributed by atoms with Gasteiger partial charge in [0.25, 0.3) is 0 Å². The van der Waals surface area contributed by atoms with Crippen molar-refractivity contribution in [2.75, 3.05) is 14.2 Å². The molecule has 36 heavy (non-hydrogen) atoms. The molecule has 184 valence electrons. The van der Waals surface area contributed by atoms with E-state index in [1.54, 1.807) is 68.9 Å². The first kappa shape index (κ1) is 25.5. The average molecular weight is 524 g/mol. The fourth-order valence-corrected chi connectivity index (χ4v) is 4.36. The van der Waals surface area contributed by atoms with Gasteiger partial charge in [0.05, 0.1) is 19.7 Å². The van der Waals surface area contributed by atoms with Crippen molar-refractivity contribution in [3.63, 3.8) is 0 Å². The Morgan fingerprint density at radius 2 is 1.75 bits per heavy atom. The Hall–Kier alpha value is -3.55. The van der Waals surface area contributed by atoms with Gasteiger partial charge in [-0.3, -0.25) is 9.78 Å². The lowest BCUT2D eigenvalue weighted by atomic mass is 10.0. The molecule has 0 aliphatic heterocycles. The van der Waals surface area contributed by atoms with Crippen LogP contribution in [0.15, 0.2) is 66.9 Å². The van der Waals surface area contributed by atoms with Gasteiger partial charge in [-0.15, -0.1) is 0 Å². The molecule has 0 unspecified atom stereocenters. The summed E-state index contributed by atoms with van der Waals surface area (Å²) in [5.41, 5.74) is 1.87. The summed E-state index contributed by atoms with van der Waals surface area (Å²) in [5.74, 6) is 1.39. The van der Waals surface area contributed by atoms with E-state index < -0.39 is 5.82 Å². The predicted octanol–water partition coefficient (Wildman–Crippen LogP) is 6.95. The van der Waals surface area contributed by atoms with Crippen LogP contribution in [0.25, 0.3) is 10.9 Å². The van der Waals surface area contributed by atoms with Gasteiger partial charge in [-0.05, 0) is 41.5 Å². The Kier molecular flexibility index (Phi) is 8.13. The molecular weight excluding hydrogens is 501 g/mol. The highest BCUT2D eigenvalue weighted by atomic mass is 35.5. The number of ketones is 1. The van der Waals surface area contributed by atoms with E-state index in [0.717, 1.165) is 5.56 Å². The number of halogens is 2. The van der Waals surface area contributed by atoms with Gasteiger partial charge < -0.3 is 14.2 Å². The second-order valence-electron chi connectivity index (χ2n) is 8.13. The zero-order valence-electron chi connectivity index (χ0n) is 19.7. The van der Waals surface area contributed by atoms with Crippen LogP contribution in [0, 0.1) is 5.82 Å². The van der Waals surface area contributed by atoms with Crippen LogP contribution in [0.1, 0.15) is 17.5 Å². The fourth-order valence-electron chi connectivity index (χ4n) is 3.83. The number of thiocarbonyl (C=S) groups is 1. The molecule has 0 radical (unpaired) electrons. The molecule has 0 aliphatic carbocycles. The quantitative estimate of drug-likeness (QED) is 0.210. The Balaban J connectivity index is 1.44. The zero-order chi connectivity index (χ0) is 25.7. The highest BCUT2D eigenvalue weighted by Gasteiger charge is 2.14. The Morgan fingerprint density at radius 1 is 0.972 bits per heavy atom. The SMILES string of the molecule is COc1cc2nccc(Oc3ccc(CC(=S)CC(=O)Cc4cccc(Cl)c4)c(F)c3)c2cc1OC. The topological polar surface area (TPSA) is 57.7 Å². The molecule has 0 fully saturated rings. The summed E-state index contributed by atoms with van der Waals surface area (Å²) in [6.45, 7) is 0. The third-order valence-electron chi connectivity index (χ3n) is 5.53. The van der Waals surface area contributed by atoms with E-state index in [0.29, 0.717) is 49.4 Å². The lowest BCUT2D eigenvalue weighted by Gasteiger charge is -2.13. The van der Waals surface area contributed by atoms with Gasteiger partial charge in [0.1, 0.15) is 23.1 Å². The van der Waals surface area contributed by atoms with Crippen LogP contribution >= 0.6 is 23.8 Å². The number of methoxy groups -OCH3 is 2. The molecule has 8 heteroatoms. The minimum atomic E-state index is -0.463. The largest absolute Gasteiger partial charge is 0.493 e. The number of pyridine rings is 1. The summed E-state index contributed by atoms with van der Waals surface area (Å²) in [6.07, 6.45) is 2.10. The van der Waals surface area contributed by atoms with Crippen LogP contribution in [-0.4, -0.2) is 29.9 Å². The molecule has 4 aromatic rings. The van der Waals surface area contributed by atoms with Gasteiger partial charge in [-0.1, -0.05) is 42.0 Å². The lowest BCUT2D eigenvalue weighted by Crippen LogP contribution is -2.11. The average Bonchev–Trinajstić information content (AvgIpc) is 2.85. The minimum Gasteiger partial charge on any atom is -0.493 e. The van der Waals surface area contributed by atoms with Crippen molar-refractivity contribution in [1.29, 1.82) is 0 Å². The van der Waals surface area contributed by atoms with E-state index in [2.05, 4.69) is 4.98 Å². The zero-order valence-corrected chi connectivity index (χ0v) is 21.3. The Bertz CT molecular complexity index is 1440. The number of carbonyl (C=O) groups excluding carboxylic acids is 1. The molecule has 0 amide bonds. The lowest BCUT2D eigenvalue weighted by molar-refractivity contribution is -0.117. The standard InChI is InChI=1S/C28H23ClFNO4S/c1-33-27-15-23-25(16-28(27)34-2)31-9-8-26(23)35-21-7-6-18(24(30)14-21)12-22(36)13-20(32)11-17-4-3-5-19(29)10-17/h3-10,14-16H,11-13H2,1-2H3. The number of fused-ring (bicyclic) bond motifs is 1. The smallest absolute Gasteiger partial charge is 0.162 e. The fraction of sp³-hybridized carbons (Fsp3) is 0.179. The molecule has 0 atom stereocenters. The van der Waals surface area contributed by atoms with Gasteiger partial charge in [0.2, 0.25) is 0 Å². The van der Waals surface area contributed by atoms with Gasteiger partial charge in [0.15, 0.2) is 11.5 Å². The van der Waals surface area contributed by atoms with Gasteiger partial charge in [0, 0.05) is 52.9 Å². The molecular formula is C28H23ClFNO4S. The third-order valence-corrected chi connectivity index (χ3v) is 6.06. The number of aromatic nitrogens is 1. The minimum absolute atomic E-state index is 0.0424. The molecule has 0 bridgehead atoms. The molecule has 0 aliphatic rings. The molecule has 4 rings (SSSR count). The van der Waals surface area contributed by atoms with Crippen molar-refractivity contribution < 1.29 is 23.4 Å². The van der Waals surface area contributed by atoms with Crippen LogP contribution in [0.4, 0.5) is 4.39 Å². The van der Waals surface area contributed by atoms with Crippen molar-refractivity contribution in [3.05, 3.63) is 88.8 Å². The van der Waals surface area contributed by atoms with Crippen molar-refractivity contribution >= 4 is 45.4 Å². The first-order valence-electron chi connectivity index (χ1n) is 11.1. The van der Waals surface area contributed by atoms with E-state index in [1.165, 1.54) is 6.07 Å². The number of rotatable bonds is 10. The predicted molar refractivity (Wildman–Crippen MR) is 142 cm³/mol. The molecule has 0 saturated carbocycles. The van der Waals surface area contributed by atoms with E-state index in [-0.39, 0.29) is 25.0 Å². The van der Waals surface area contributed by atoms with E-state index in [1.807, 2.05) is 6.07 Å². The van der Waals surface area contributed by atoms with Crippen molar-refractivity contribution in [2.45, 2.75) is 19.3 Å². The van der Waals surface area contributed by atoms with Crippen LogP contribution in [-0.2, 0) is 17.6 Å². The number of Topliss-reactive ketones (excluding diaryl/α,β-unsaturated/α-hetero) is 1. The monoisotopic (exact) mass is 523 g/mol. The van der Waals surface area contributed by atoms with Crippen LogP contribution in [0.5, 0.6) is 23.0 Å². The molecule has 3 aromatic carbocycles. The summed E-state index contributed by atoms with van der Waals surface area (Å²) in [4.78, 5) is 17.2. The summed E-state index contributed by atoms with van der Waals surface area (Å²) >= 11 is 11.3. The summed E-state index contributed by atoms with van der Waals surface area (Å²) in [5, 5.41) is 1.27. The summed E-state index contributed by atoms with van der Waals surface area (Å²) in [7, 11) is 3.10. The molecule has 5 nitrogen and oxygen atoms in total.